The van der Waals surface area contributed by atoms with Crippen molar-refractivity contribution in [3.05, 3.63) is 52.1 Å². The number of hydrogen-bond donors (Lipinski definition) is 0. The molecular weight excluding hydrogens is 406 g/mol. The number of nitrogens with zero attached hydrogens (tertiary/aromatic N) is 2. The molecule has 6 nitrogen and oxygen atoms in total. The molecule has 0 bridgehead atoms. The molecule has 0 radical (unpaired) electrons. The van der Waals surface area contributed by atoms with E-state index in [0.29, 0.717) is 11.1 Å². The van der Waals surface area contributed by atoms with Crippen LogP contribution in [0.15, 0.2) is 35.3 Å². The molecule has 1 aliphatic rings. The van der Waals surface area contributed by atoms with E-state index in [4.69, 9.17) is 9.47 Å². The van der Waals surface area contributed by atoms with Gasteiger partial charge >= 0.3 is 12.6 Å². The molecule has 0 saturated heterocycles. The van der Waals surface area contributed by atoms with E-state index < -0.39 is 18.0 Å². The summed E-state index contributed by atoms with van der Waals surface area (Å²) in [5.74, 6) is -0.727. The van der Waals surface area contributed by atoms with Crippen molar-refractivity contribution in [1.29, 1.82) is 0 Å². The Hall–Kier alpha value is -3.29. The second-order valence-corrected chi connectivity index (χ2v) is 7.64. The van der Waals surface area contributed by atoms with E-state index in [0.717, 1.165) is 24.2 Å². The summed E-state index contributed by atoms with van der Waals surface area (Å²) in [5, 5.41) is 0.162. The molecular formula is C23H22F2N2O4. The molecule has 1 aromatic carbocycles. The molecule has 0 unspecified atom stereocenters. The first-order valence-corrected chi connectivity index (χ1v) is 10.1. The Labute approximate surface area is 177 Å². The molecule has 1 fully saturated rings. The second-order valence-electron chi connectivity index (χ2n) is 7.64. The Balaban J connectivity index is 2.03. The summed E-state index contributed by atoms with van der Waals surface area (Å²) < 4.78 is 38.8. The number of halogens is 2. The molecule has 2 aromatic heterocycles. The Morgan fingerprint density at radius 3 is 2.48 bits per heavy atom. The van der Waals surface area contributed by atoms with Gasteiger partial charge in [0.1, 0.15) is 0 Å². The number of carbonyl (C=O) groups is 1. The van der Waals surface area contributed by atoms with E-state index in [1.165, 1.54) is 6.20 Å². The normalized spacial score (nSPS) is 13.6. The molecule has 0 atom stereocenters. The van der Waals surface area contributed by atoms with Gasteiger partial charge in [0.05, 0.1) is 17.1 Å². The number of aryl methyl sites for hydroxylation is 2. The summed E-state index contributed by atoms with van der Waals surface area (Å²) >= 11 is 0. The van der Waals surface area contributed by atoms with Crippen LogP contribution >= 0.6 is 0 Å². The van der Waals surface area contributed by atoms with Crippen molar-refractivity contribution in [3.8, 4) is 22.6 Å². The van der Waals surface area contributed by atoms with Crippen molar-refractivity contribution in [1.82, 2.24) is 9.55 Å². The number of benzene rings is 1. The highest BCUT2D eigenvalue weighted by atomic mass is 19.3. The molecule has 3 aromatic rings. The van der Waals surface area contributed by atoms with Crippen LogP contribution in [0.5, 0.6) is 11.5 Å². The van der Waals surface area contributed by atoms with Crippen LogP contribution in [0.2, 0.25) is 0 Å². The van der Waals surface area contributed by atoms with Gasteiger partial charge in [-0.2, -0.15) is 8.78 Å². The van der Waals surface area contributed by atoms with E-state index in [1.54, 1.807) is 35.8 Å². The van der Waals surface area contributed by atoms with Crippen LogP contribution in [0.1, 0.15) is 43.6 Å². The summed E-state index contributed by atoms with van der Waals surface area (Å²) in [6, 6.07) is 6.72. The average Bonchev–Trinajstić information content (AvgIpc) is 3.54. The van der Waals surface area contributed by atoms with E-state index in [2.05, 4.69) is 4.98 Å². The third-order valence-electron chi connectivity index (χ3n) is 5.17. The van der Waals surface area contributed by atoms with Crippen molar-refractivity contribution in [3.63, 3.8) is 0 Å². The van der Waals surface area contributed by atoms with E-state index in [-0.39, 0.29) is 34.9 Å². The van der Waals surface area contributed by atoms with Crippen molar-refractivity contribution < 1.29 is 23.0 Å². The minimum atomic E-state index is -3.08. The monoisotopic (exact) mass is 428 g/mol. The Morgan fingerprint density at radius 1 is 1.23 bits per heavy atom. The largest absolute Gasteiger partial charge is 0.432 e. The summed E-state index contributed by atoms with van der Waals surface area (Å²) in [5.41, 5.74) is 2.31. The lowest BCUT2D eigenvalue weighted by atomic mass is 10.0. The highest BCUT2D eigenvalue weighted by Crippen LogP contribution is 2.43. The maximum absolute atomic E-state index is 13.5. The highest BCUT2D eigenvalue weighted by Gasteiger charge is 2.29. The van der Waals surface area contributed by atoms with Crippen molar-refractivity contribution >= 4 is 16.9 Å². The number of aromatic nitrogens is 2. The molecule has 0 aliphatic heterocycles. The smallest absolute Gasteiger partial charge is 0.387 e. The maximum Gasteiger partial charge on any atom is 0.387 e. The fraction of sp³-hybridized carbons (Fsp3) is 0.348. The van der Waals surface area contributed by atoms with Crippen LogP contribution < -0.4 is 14.9 Å². The number of pyridine rings is 2. The van der Waals surface area contributed by atoms with Gasteiger partial charge in [0, 0.05) is 29.4 Å². The van der Waals surface area contributed by atoms with Crippen LogP contribution in [-0.4, -0.2) is 22.1 Å². The third-order valence-corrected chi connectivity index (χ3v) is 5.17. The number of carbonyl (C=O) groups excluding carboxylic acids is 1. The zero-order chi connectivity index (χ0) is 22.3. The Bertz CT molecular complexity index is 1210. The summed E-state index contributed by atoms with van der Waals surface area (Å²) in [6.07, 6.45) is 3.19. The first kappa shape index (κ1) is 21.0. The first-order chi connectivity index (χ1) is 14.8. The predicted octanol–water partition coefficient (Wildman–Crippen LogP) is 4.93. The maximum atomic E-state index is 13.5. The minimum absolute atomic E-state index is 0.0124. The summed E-state index contributed by atoms with van der Waals surface area (Å²) in [6.45, 7) is 2.19. The zero-order valence-corrected chi connectivity index (χ0v) is 17.4. The highest BCUT2D eigenvalue weighted by molar-refractivity contribution is 5.94. The quantitative estimate of drug-likeness (QED) is 0.521. The molecule has 31 heavy (non-hydrogen) atoms. The van der Waals surface area contributed by atoms with Gasteiger partial charge in [0.2, 0.25) is 5.43 Å². The molecule has 1 saturated carbocycles. The first-order valence-electron chi connectivity index (χ1n) is 10.1. The van der Waals surface area contributed by atoms with Crippen LogP contribution in [0.25, 0.3) is 22.0 Å². The molecule has 0 N–H and O–H groups in total. The van der Waals surface area contributed by atoms with E-state index in [9.17, 15) is 18.4 Å². The number of rotatable bonds is 6. The lowest BCUT2D eigenvalue weighted by Crippen LogP contribution is -2.18. The molecule has 162 valence electrons. The van der Waals surface area contributed by atoms with Gasteiger partial charge in [-0.25, -0.2) is 0 Å². The van der Waals surface area contributed by atoms with E-state index in [1.807, 2.05) is 13.8 Å². The van der Waals surface area contributed by atoms with Gasteiger partial charge in [0.25, 0.3) is 0 Å². The second kappa shape index (κ2) is 8.09. The zero-order valence-electron chi connectivity index (χ0n) is 17.4. The molecule has 8 heteroatoms. The average molecular weight is 428 g/mol. The number of alkyl halides is 2. The van der Waals surface area contributed by atoms with Gasteiger partial charge in [0.15, 0.2) is 11.5 Å². The number of fused-ring (bicyclic) bond motifs is 1. The molecule has 1 aliphatic carbocycles. The van der Waals surface area contributed by atoms with Crippen LogP contribution in [-0.2, 0) is 4.79 Å². The van der Waals surface area contributed by atoms with E-state index >= 15 is 0 Å². The predicted molar refractivity (Wildman–Crippen MR) is 112 cm³/mol. The summed E-state index contributed by atoms with van der Waals surface area (Å²) in [7, 11) is 0. The fourth-order valence-electron chi connectivity index (χ4n) is 3.73. The van der Waals surface area contributed by atoms with Crippen molar-refractivity contribution in [2.24, 2.45) is 0 Å². The van der Waals surface area contributed by atoms with Crippen LogP contribution in [0.4, 0.5) is 8.78 Å². The van der Waals surface area contributed by atoms with Gasteiger partial charge in [-0.15, -0.1) is 0 Å². The third kappa shape index (κ3) is 4.15. The van der Waals surface area contributed by atoms with Gasteiger partial charge in [-0.1, -0.05) is 6.92 Å². The van der Waals surface area contributed by atoms with Crippen LogP contribution in [0, 0.1) is 13.8 Å². The number of ether oxygens (including phenoxy) is 2. The number of hydrogen-bond acceptors (Lipinski definition) is 5. The molecule has 2 heterocycles. The number of esters is 1. The fourth-order valence-corrected chi connectivity index (χ4v) is 3.73. The van der Waals surface area contributed by atoms with Gasteiger partial charge in [-0.3, -0.25) is 14.6 Å². The van der Waals surface area contributed by atoms with Crippen LogP contribution in [0.3, 0.4) is 0 Å². The van der Waals surface area contributed by atoms with Crippen molar-refractivity contribution in [2.75, 3.05) is 0 Å². The summed E-state index contributed by atoms with van der Waals surface area (Å²) in [4.78, 5) is 29.1. The Kier molecular flexibility index (Phi) is 5.47. The van der Waals surface area contributed by atoms with Gasteiger partial charge < -0.3 is 14.0 Å². The lowest BCUT2D eigenvalue weighted by Gasteiger charge is -2.19. The molecule has 4 rings (SSSR count). The molecule has 0 spiro atoms. The Morgan fingerprint density at radius 2 is 1.90 bits per heavy atom. The van der Waals surface area contributed by atoms with Gasteiger partial charge in [-0.05, 0) is 56.5 Å². The molecule has 0 amide bonds. The lowest BCUT2D eigenvalue weighted by molar-refractivity contribution is -0.134. The van der Waals surface area contributed by atoms with Crippen molar-refractivity contribution in [2.45, 2.75) is 52.7 Å². The topological polar surface area (TPSA) is 70.4 Å². The minimum Gasteiger partial charge on any atom is -0.432 e. The standard InChI is InChI=1S/C23H22F2N2O4/c1-4-19(28)30-18-11-27(15-5-6-15)20-17(21(18)29)8-7-16(22(20)31-23(24)25)14-9-12(2)26-13(3)10-14/h7-11,15,23H,4-6H2,1-3H3. The SMILES string of the molecule is CCC(=O)Oc1cn(C2CC2)c2c(OC(F)F)c(-c3cc(C)nc(C)c3)ccc2c1=O.